The van der Waals surface area contributed by atoms with Crippen molar-refractivity contribution in [2.24, 2.45) is 11.8 Å². The standard InChI is InChI=1S/C29H41ClF2N4O/c1-6-11-25(18-21(3)20-30)36-28(33-23(5)34-36)13-10-17-35(7-2)29(37)14-9-8-12-22(4)26-16-15-24(31)19-27(26)32/h6,11,15,18-20,22,26H,7-10,12-14,16-17H2,1-5H3/b11-6-,21-20+,25-18+. The predicted molar refractivity (Wildman–Crippen MR) is 148 cm³/mol. The van der Waals surface area contributed by atoms with Gasteiger partial charge in [0.15, 0.2) is 0 Å². The van der Waals surface area contributed by atoms with Crippen molar-refractivity contribution in [3.8, 4) is 0 Å². The number of rotatable bonds is 14. The molecule has 5 nitrogen and oxygen atoms in total. The van der Waals surface area contributed by atoms with Crippen molar-refractivity contribution in [1.29, 1.82) is 0 Å². The number of hydrogen-bond donors (Lipinski definition) is 0. The van der Waals surface area contributed by atoms with Gasteiger partial charge in [0.1, 0.15) is 23.3 Å². The highest BCUT2D eigenvalue weighted by molar-refractivity contribution is 6.25. The third-order valence-electron chi connectivity index (χ3n) is 6.66. The maximum Gasteiger partial charge on any atom is 0.222 e. The molecule has 8 heteroatoms. The Morgan fingerprint density at radius 1 is 1.32 bits per heavy atom. The molecule has 0 bridgehead atoms. The maximum atomic E-state index is 14.1. The van der Waals surface area contributed by atoms with Crippen molar-refractivity contribution in [3.63, 3.8) is 0 Å². The van der Waals surface area contributed by atoms with Crippen LogP contribution in [-0.2, 0) is 11.2 Å². The summed E-state index contributed by atoms with van der Waals surface area (Å²) in [6.07, 6.45) is 13.1. The first kappa shape index (κ1) is 30.7. The van der Waals surface area contributed by atoms with Gasteiger partial charge in [-0.1, -0.05) is 37.4 Å². The average Bonchev–Trinajstić information content (AvgIpc) is 3.23. The lowest BCUT2D eigenvalue weighted by atomic mass is 9.84. The van der Waals surface area contributed by atoms with Crippen LogP contribution in [0, 0.1) is 18.8 Å². The largest absolute Gasteiger partial charge is 0.343 e. The summed E-state index contributed by atoms with van der Waals surface area (Å²) in [6.45, 7) is 11.0. The van der Waals surface area contributed by atoms with E-state index in [-0.39, 0.29) is 23.6 Å². The Balaban J connectivity index is 1.85. The number of nitrogens with zero attached hydrogens (tertiary/aromatic N) is 4. The van der Waals surface area contributed by atoms with E-state index in [1.807, 2.05) is 62.4 Å². The number of aromatic nitrogens is 3. The number of carbonyl (C=O) groups excluding carboxylic acids is 1. The summed E-state index contributed by atoms with van der Waals surface area (Å²) in [7, 11) is 0. The first-order valence-electron chi connectivity index (χ1n) is 13.2. The van der Waals surface area contributed by atoms with E-state index in [4.69, 9.17) is 11.6 Å². The molecule has 1 aliphatic rings. The van der Waals surface area contributed by atoms with Crippen LogP contribution in [0.1, 0.15) is 77.9 Å². The number of unbranched alkanes of at least 4 members (excludes halogenated alkanes) is 1. The maximum absolute atomic E-state index is 14.1. The van der Waals surface area contributed by atoms with Crippen LogP contribution >= 0.6 is 11.6 Å². The fourth-order valence-corrected chi connectivity index (χ4v) is 4.65. The Morgan fingerprint density at radius 2 is 2.08 bits per heavy atom. The van der Waals surface area contributed by atoms with E-state index in [9.17, 15) is 13.6 Å². The minimum Gasteiger partial charge on any atom is -0.343 e. The molecule has 37 heavy (non-hydrogen) atoms. The Morgan fingerprint density at radius 3 is 2.73 bits per heavy atom. The molecule has 0 aliphatic heterocycles. The molecule has 0 saturated heterocycles. The second-order valence-electron chi connectivity index (χ2n) is 9.67. The zero-order valence-corrected chi connectivity index (χ0v) is 23.6. The number of aryl methyl sites for hydroxylation is 2. The molecule has 1 amide bonds. The summed E-state index contributed by atoms with van der Waals surface area (Å²) in [5, 5.41) is 4.56. The number of amides is 1. The smallest absolute Gasteiger partial charge is 0.222 e. The van der Waals surface area contributed by atoms with Gasteiger partial charge in [0.25, 0.3) is 0 Å². The molecule has 0 saturated carbocycles. The molecule has 0 spiro atoms. The van der Waals surface area contributed by atoms with E-state index in [0.29, 0.717) is 38.2 Å². The number of halogens is 3. The number of allylic oxidation sites excluding steroid dienone is 9. The van der Waals surface area contributed by atoms with Crippen LogP contribution in [0.5, 0.6) is 0 Å². The average molecular weight is 535 g/mol. The summed E-state index contributed by atoms with van der Waals surface area (Å²) in [6, 6.07) is 0. The summed E-state index contributed by atoms with van der Waals surface area (Å²) in [5.41, 5.74) is 3.33. The van der Waals surface area contributed by atoms with Crippen molar-refractivity contribution >= 4 is 23.2 Å². The summed E-state index contributed by atoms with van der Waals surface area (Å²) in [5.74, 6) is 0.676. The third-order valence-corrected chi connectivity index (χ3v) is 7.00. The van der Waals surface area contributed by atoms with Crippen LogP contribution in [0.4, 0.5) is 8.78 Å². The van der Waals surface area contributed by atoms with Crippen LogP contribution in [-0.4, -0.2) is 38.7 Å². The highest BCUT2D eigenvalue weighted by Crippen LogP contribution is 2.34. The van der Waals surface area contributed by atoms with Gasteiger partial charge in [-0.2, -0.15) is 5.10 Å². The number of hydrogen-bond acceptors (Lipinski definition) is 3. The summed E-state index contributed by atoms with van der Waals surface area (Å²) in [4.78, 5) is 19.3. The van der Waals surface area contributed by atoms with Crippen molar-refractivity contribution in [2.75, 3.05) is 13.1 Å². The number of carbonyl (C=O) groups is 1. The molecule has 1 aromatic heterocycles. The van der Waals surface area contributed by atoms with Gasteiger partial charge in [-0.05, 0) is 76.7 Å². The van der Waals surface area contributed by atoms with Crippen molar-refractivity contribution in [2.45, 2.75) is 79.6 Å². The van der Waals surface area contributed by atoms with Crippen molar-refractivity contribution < 1.29 is 13.6 Å². The lowest BCUT2D eigenvalue weighted by Crippen LogP contribution is -2.32. The fourth-order valence-electron chi connectivity index (χ4n) is 4.59. The fraction of sp³-hybridized carbons (Fsp3) is 0.552. The Hall–Kier alpha value is -2.54. The van der Waals surface area contributed by atoms with Gasteiger partial charge in [0.05, 0.1) is 5.70 Å². The molecule has 1 aliphatic carbocycles. The van der Waals surface area contributed by atoms with Gasteiger partial charge in [0.2, 0.25) is 5.91 Å². The second-order valence-corrected chi connectivity index (χ2v) is 9.89. The molecule has 0 radical (unpaired) electrons. The molecular formula is C29H41ClF2N4O. The topological polar surface area (TPSA) is 51.0 Å². The van der Waals surface area contributed by atoms with Gasteiger partial charge >= 0.3 is 0 Å². The van der Waals surface area contributed by atoms with Crippen LogP contribution in [0.3, 0.4) is 0 Å². The highest BCUT2D eigenvalue weighted by Gasteiger charge is 2.24. The zero-order valence-electron chi connectivity index (χ0n) is 22.8. The van der Waals surface area contributed by atoms with E-state index < -0.39 is 5.83 Å². The molecule has 2 rings (SSSR count). The molecule has 1 heterocycles. The van der Waals surface area contributed by atoms with Gasteiger partial charge in [-0.15, -0.1) is 0 Å². The zero-order chi connectivity index (χ0) is 27.4. The van der Waals surface area contributed by atoms with Crippen LogP contribution in [0.25, 0.3) is 5.70 Å². The quantitative estimate of drug-likeness (QED) is 0.180. The van der Waals surface area contributed by atoms with E-state index in [2.05, 4.69) is 10.1 Å². The van der Waals surface area contributed by atoms with Gasteiger partial charge < -0.3 is 4.90 Å². The van der Waals surface area contributed by atoms with E-state index >= 15 is 0 Å². The van der Waals surface area contributed by atoms with E-state index in [0.717, 1.165) is 48.9 Å². The highest BCUT2D eigenvalue weighted by atomic mass is 35.5. The van der Waals surface area contributed by atoms with Gasteiger partial charge in [-0.3, -0.25) is 4.79 Å². The first-order chi connectivity index (χ1) is 17.7. The minimum absolute atomic E-state index is 0.115. The van der Waals surface area contributed by atoms with Crippen LogP contribution < -0.4 is 0 Å². The Labute approximate surface area is 225 Å². The lowest BCUT2D eigenvalue weighted by molar-refractivity contribution is -0.131. The third kappa shape index (κ3) is 9.69. The Bertz CT molecular complexity index is 1050. The Kier molecular flexibility index (Phi) is 13.0. The molecule has 204 valence electrons. The van der Waals surface area contributed by atoms with E-state index in [1.165, 1.54) is 11.6 Å². The molecule has 2 unspecified atom stereocenters. The van der Waals surface area contributed by atoms with Crippen molar-refractivity contribution in [3.05, 3.63) is 64.8 Å². The molecular weight excluding hydrogens is 494 g/mol. The van der Waals surface area contributed by atoms with Crippen LogP contribution in [0.2, 0.25) is 0 Å². The van der Waals surface area contributed by atoms with E-state index in [1.54, 1.807) is 0 Å². The van der Waals surface area contributed by atoms with Crippen molar-refractivity contribution in [1.82, 2.24) is 19.7 Å². The molecule has 2 atom stereocenters. The summed E-state index contributed by atoms with van der Waals surface area (Å²) >= 11 is 5.85. The van der Waals surface area contributed by atoms with Gasteiger partial charge in [0, 0.05) is 43.5 Å². The van der Waals surface area contributed by atoms with Crippen LogP contribution in [0.15, 0.2) is 53.1 Å². The molecule has 0 aromatic carbocycles. The first-order valence-corrected chi connectivity index (χ1v) is 13.7. The predicted octanol–water partition coefficient (Wildman–Crippen LogP) is 7.85. The minimum atomic E-state index is -0.491. The van der Waals surface area contributed by atoms with Gasteiger partial charge in [-0.25, -0.2) is 18.4 Å². The molecule has 0 N–H and O–H groups in total. The summed E-state index contributed by atoms with van der Waals surface area (Å²) < 4.78 is 29.1. The lowest BCUT2D eigenvalue weighted by Gasteiger charge is -2.24. The SMILES string of the molecule is C\C=C/C(=C\C(C)=C\Cl)n1nc(C)nc1CCCN(CC)C(=O)CCCCC(C)C1CC=C(F)C=C1F. The molecule has 1 aromatic rings. The second kappa shape index (κ2) is 15.7. The monoisotopic (exact) mass is 534 g/mol. The molecule has 0 fully saturated rings. The normalized spacial score (nSPS) is 17.7.